The summed E-state index contributed by atoms with van der Waals surface area (Å²) in [6, 6.07) is 7.70. The van der Waals surface area contributed by atoms with Crippen molar-refractivity contribution in [3.05, 3.63) is 29.8 Å². The van der Waals surface area contributed by atoms with Gasteiger partial charge in [-0.1, -0.05) is 18.6 Å². The maximum absolute atomic E-state index is 12.4. The third kappa shape index (κ3) is 3.78. The summed E-state index contributed by atoms with van der Waals surface area (Å²) in [5.74, 6) is 0.454. The van der Waals surface area contributed by atoms with E-state index >= 15 is 0 Å². The van der Waals surface area contributed by atoms with Crippen LogP contribution in [0, 0.1) is 5.92 Å². The van der Waals surface area contributed by atoms with E-state index in [9.17, 15) is 14.7 Å². The van der Waals surface area contributed by atoms with Crippen LogP contribution in [0.2, 0.25) is 0 Å². The topological polar surface area (TPSA) is 60.9 Å². The molecule has 24 heavy (non-hydrogen) atoms. The van der Waals surface area contributed by atoms with E-state index in [1.165, 1.54) is 0 Å². The van der Waals surface area contributed by atoms with Crippen LogP contribution in [-0.4, -0.2) is 48.1 Å². The molecule has 2 aliphatic rings. The number of carbonyl (C=O) groups is 2. The van der Waals surface area contributed by atoms with Gasteiger partial charge in [-0.25, -0.2) is 0 Å². The van der Waals surface area contributed by atoms with Crippen LogP contribution in [0.1, 0.15) is 37.7 Å². The predicted octanol–water partition coefficient (Wildman–Crippen LogP) is 1.98. The Morgan fingerprint density at radius 1 is 1.25 bits per heavy atom. The van der Waals surface area contributed by atoms with Crippen molar-refractivity contribution in [2.45, 2.75) is 44.6 Å². The third-order valence-corrected chi connectivity index (χ3v) is 5.23. The monoisotopic (exact) mass is 330 g/mol. The maximum atomic E-state index is 12.4. The fourth-order valence-corrected chi connectivity index (χ4v) is 3.71. The highest BCUT2D eigenvalue weighted by Crippen LogP contribution is 2.26. The van der Waals surface area contributed by atoms with Crippen molar-refractivity contribution in [1.29, 1.82) is 0 Å². The fraction of sp³-hybridized carbons (Fsp3) is 0.579. The first-order valence-electron chi connectivity index (χ1n) is 8.86. The number of anilines is 1. The van der Waals surface area contributed by atoms with Crippen LogP contribution < -0.4 is 4.90 Å². The van der Waals surface area contributed by atoms with Crippen molar-refractivity contribution in [2.24, 2.45) is 5.92 Å². The van der Waals surface area contributed by atoms with Gasteiger partial charge in [-0.2, -0.15) is 0 Å². The summed E-state index contributed by atoms with van der Waals surface area (Å²) in [4.78, 5) is 27.7. The first kappa shape index (κ1) is 17.0. The molecule has 1 heterocycles. The molecule has 1 aromatic carbocycles. The highest BCUT2D eigenvalue weighted by atomic mass is 16.3. The summed E-state index contributed by atoms with van der Waals surface area (Å²) in [6.45, 7) is 1.41. The van der Waals surface area contributed by atoms with Gasteiger partial charge < -0.3 is 14.9 Å². The standard InChI is InChI=1S/C19H26N2O3/c1-20(13-15-4-2-5-17(15)22)19(24)12-14-7-9-16(10-8-14)21-11-3-6-18(21)23/h7-10,15,17,22H,2-6,11-13H2,1H3/t15-,17-/m0/s1. The zero-order chi connectivity index (χ0) is 17.1. The second kappa shape index (κ2) is 7.34. The minimum Gasteiger partial charge on any atom is -0.393 e. The minimum absolute atomic E-state index is 0.0686. The molecule has 5 heteroatoms. The lowest BCUT2D eigenvalue weighted by atomic mass is 10.0. The van der Waals surface area contributed by atoms with Crippen LogP contribution in [0.5, 0.6) is 0 Å². The van der Waals surface area contributed by atoms with Crippen molar-refractivity contribution < 1.29 is 14.7 Å². The predicted molar refractivity (Wildman–Crippen MR) is 92.7 cm³/mol. The summed E-state index contributed by atoms with van der Waals surface area (Å²) in [5, 5.41) is 9.89. The second-order valence-corrected chi connectivity index (χ2v) is 7.02. The summed E-state index contributed by atoms with van der Waals surface area (Å²) in [7, 11) is 1.81. The van der Waals surface area contributed by atoms with E-state index in [0.29, 0.717) is 19.4 Å². The molecular formula is C19H26N2O3. The Morgan fingerprint density at radius 3 is 2.58 bits per heavy atom. The second-order valence-electron chi connectivity index (χ2n) is 7.02. The number of nitrogens with zero attached hydrogens (tertiary/aromatic N) is 2. The first-order valence-corrected chi connectivity index (χ1v) is 8.86. The van der Waals surface area contributed by atoms with Gasteiger partial charge in [-0.15, -0.1) is 0 Å². The molecule has 2 atom stereocenters. The maximum Gasteiger partial charge on any atom is 0.227 e. The van der Waals surface area contributed by atoms with E-state index in [2.05, 4.69) is 0 Å². The number of aliphatic hydroxyl groups is 1. The van der Waals surface area contributed by atoms with Crippen LogP contribution in [0.3, 0.4) is 0 Å². The van der Waals surface area contributed by atoms with Crippen molar-refractivity contribution in [3.8, 4) is 0 Å². The van der Waals surface area contributed by atoms with Gasteiger partial charge in [0.1, 0.15) is 0 Å². The van der Waals surface area contributed by atoms with Gasteiger partial charge in [0.05, 0.1) is 12.5 Å². The largest absolute Gasteiger partial charge is 0.393 e. The highest BCUT2D eigenvalue weighted by molar-refractivity contribution is 5.95. The molecule has 130 valence electrons. The molecule has 1 saturated carbocycles. The molecule has 3 rings (SSSR count). The summed E-state index contributed by atoms with van der Waals surface area (Å²) in [5.41, 5.74) is 1.87. The fourth-order valence-electron chi connectivity index (χ4n) is 3.71. The Balaban J connectivity index is 1.55. The number of carbonyl (C=O) groups excluding carboxylic acids is 2. The van der Waals surface area contributed by atoms with E-state index in [0.717, 1.165) is 43.5 Å². The van der Waals surface area contributed by atoms with Crippen LogP contribution in [-0.2, 0) is 16.0 Å². The zero-order valence-electron chi connectivity index (χ0n) is 14.3. The van der Waals surface area contributed by atoms with Crippen LogP contribution >= 0.6 is 0 Å². The Morgan fingerprint density at radius 2 is 2.00 bits per heavy atom. The minimum atomic E-state index is -0.266. The normalized spacial score (nSPS) is 23.8. The Bertz CT molecular complexity index is 599. The molecule has 0 spiro atoms. The Kier molecular flexibility index (Phi) is 5.19. The summed E-state index contributed by atoms with van der Waals surface area (Å²) < 4.78 is 0. The number of rotatable bonds is 5. The van der Waals surface area contributed by atoms with Gasteiger partial charge in [0.25, 0.3) is 0 Å². The first-order chi connectivity index (χ1) is 11.5. The van der Waals surface area contributed by atoms with Crippen LogP contribution in [0.4, 0.5) is 5.69 Å². The molecule has 1 aliphatic heterocycles. The molecule has 5 nitrogen and oxygen atoms in total. The highest BCUT2D eigenvalue weighted by Gasteiger charge is 2.27. The number of aliphatic hydroxyl groups excluding tert-OH is 1. The van der Waals surface area contributed by atoms with Gasteiger partial charge in [0.15, 0.2) is 0 Å². The lowest BCUT2D eigenvalue weighted by molar-refractivity contribution is -0.130. The number of likely N-dealkylation sites (N-methyl/N-ethyl adjacent to an activating group) is 1. The average molecular weight is 330 g/mol. The third-order valence-electron chi connectivity index (χ3n) is 5.23. The SMILES string of the molecule is CN(C[C@@H]1CCC[C@@H]1O)C(=O)Cc1ccc(N2CCCC2=O)cc1. The number of amides is 2. The van der Waals surface area contributed by atoms with Crippen molar-refractivity contribution in [2.75, 3.05) is 25.0 Å². The molecule has 0 bridgehead atoms. The summed E-state index contributed by atoms with van der Waals surface area (Å²) >= 11 is 0. The zero-order valence-corrected chi connectivity index (χ0v) is 14.3. The Hall–Kier alpha value is -1.88. The summed E-state index contributed by atoms with van der Waals surface area (Å²) in [6.07, 6.45) is 4.52. The molecule has 2 fully saturated rings. The van der Waals surface area contributed by atoms with Gasteiger partial charge >= 0.3 is 0 Å². The molecule has 1 N–H and O–H groups in total. The smallest absolute Gasteiger partial charge is 0.227 e. The molecule has 0 unspecified atom stereocenters. The number of hydrogen-bond donors (Lipinski definition) is 1. The van der Waals surface area contributed by atoms with Crippen molar-refractivity contribution in [1.82, 2.24) is 4.90 Å². The molecule has 2 amide bonds. The van der Waals surface area contributed by atoms with E-state index in [1.54, 1.807) is 9.80 Å². The average Bonchev–Trinajstić information content (AvgIpc) is 3.17. The van der Waals surface area contributed by atoms with Crippen molar-refractivity contribution >= 4 is 17.5 Å². The lowest BCUT2D eigenvalue weighted by Gasteiger charge is -2.23. The Labute approximate surface area is 143 Å². The van der Waals surface area contributed by atoms with E-state index in [1.807, 2.05) is 31.3 Å². The van der Waals surface area contributed by atoms with E-state index < -0.39 is 0 Å². The van der Waals surface area contributed by atoms with E-state index in [-0.39, 0.29) is 23.8 Å². The van der Waals surface area contributed by atoms with Crippen LogP contribution in [0.15, 0.2) is 24.3 Å². The molecular weight excluding hydrogens is 304 g/mol. The quantitative estimate of drug-likeness (QED) is 0.898. The van der Waals surface area contributed by atoms with Gasteiger partial charge in [-0.05, 0) is 37.0 Å². The van der Waals surface area contributed by atoms with Crippen molar-refractivity contribution in [3.63, 3.8) is 0 Å². The van der Waals surface area contributed by atoms with Gasteiger partial charge in [-0.3, -0.25) is 9.59 Å². The van der Waals surface area contributed by atoms with E-state index in [4.69, 9.17) is 0 Å². The lowest BCUT2D eigenvalue weighted by Crippen LogP contribution is -2.35. The number of hydrogen-bond acceptors (Lipinski definition) is 3. The van der Waals surface area contributed by atoms with Gasteiger partial charge in [0, 0.05) is 38.2 Å². The molecule has 0 aromatic heterocycles. The molecule has 1 aliphatic carbocycles. The van der Waals surface area contributed by atoms with Gasteiger partial charge in [0.2, 0.25) is 11.8 Å². The molecule has 0 radical (unpaired) electrons. The molecule has 1 aromatic rings. The van der Waals surface area contributed by atoms with Crippen LogP contribution in [0.25, 0.3) is 0 Å². The molecule has 1 saturated heterocycles. The number of benzene rings is 1.